The van der Waals surface area contributed by atoms with E-state index in [9.17, 15) is 9.59 Å². The van der Waals surface area contributed by atoms with E-state index in [2.05, 4.69) is 15.3 Å². The molecule has 2 heterocycles. The topological polar surface area (TPSA) is 96.6 Å². The molecule has 8 nitrogen and oxygen atoms in total. The van der Waals surface area contributed by atoms with E-state index in [0.29, 0.717) is 25.5 Å². The van der Waals surface area contributed by atoms with E-state index in [0.717, 1.165) is 11.0 Å². The van der Waals surface area contributed by atoms with E-state index in [1.807, 2.05) is 24.3 Å². The van der Waals surface area contributed by atoms with E-state index in [-0.39, 0.29) is 37.0 Å². The lowest BCUT2D eigenvalue weighted by atomic mass is 10.1. The first kappa shape index (κ1) is 18.3. The molecule has 26 heavy (non-hydrogen) atoms. The van der Waals surface area contributed by atoms with E-state index >= 15 is 0 Å². The molecule has 2 atom stereocenters. The van der Waals surface area contributed by atoms with Crippen LogP contribution in [0.5, 0.6) is 0 Å². The zero-order valence-corrected chi connectivity index (χ0v) is 15.0. The second kappa shape index (κ2) is 8.29. The summed E-state index contributed by atoms with van der Waals surface area (Å²) in [7, 11) is 3.35. The number of benzene rings is 1. The van der Waals surface area contributed by atoms with Crippen LogP contribution in [0, 0.1) is 0 Å². The number of para-hydroxylation sites is 2. The number of nitrogens with one attached hydrogen (secondary N) is 2. The quantitative estimate of drug-likeness (QED) is 0.781. The minimum atomic E-state index is -0.340. The van der Waals surface area contributed by atoms with Gasteiger partial charge in [-0.1, -0.05) is 12.1 Å². The molecule has 1 aliphatic rings. The van der Waals surface area contributed by atoms with Crippen molar-refractivity contribution in [1.82, 2.24) is 20.2 Å². The highest BCUT2D eigenvalue weighted by molar-refractivity contribution is 5.80. The Hall–Kier alpha value is -2.45. The van der Waals surface area contributed by atoms with Gasteiger partial charge in [0.15, 0.2) is 0 Å². The molecule has 8 heteroatoms. The van der Waals surface area contributed by atoms with Gasteiger partial charge in [0, 0.05) is 20.7 Å². The number of hydrogen-bond donors (Lipinski definition) is 2. The van der Waals surface area contributed by atoms with Gasteiger partial charge in [-0.15, -0.1) is 0 Å². The monoisotopic (exact) mass is 360 g/mol. The lowest BCUT2D eigenvalue weighted by Gasteiger charge is -2.32. The first-order valence-corrected chi connectivity index (χ1v) is 8.65. The normalized spacial score (nSPS) is 20.1. The van der Waals surface area contributed by atoms with Crippen LogP contribution in [0.25, 0.3) is 11.0 Å². The number of aromatic amines is 1. The molecule has 0 saturated carbocycles. The van der Waals surface area contributed by atoms with Gasteiger partial charge in [0.1, 0.15) is 18.5 Å². The molecule has 1 fully saturated rings. The highest BCUT2D eigenvalue weighted by Crippen LogP contribution is 2.13. The maximum atomic E-state index is 12.4. The Morgan fingerprint density at radius 1 is 1.38 bits per heavy atom. The minimum Gasteiger partial charge on any atom is -0.379 e. The Labute approximate surface area is 151 Å². The molecule has 1 aliphatic heterocycles. The van der Waals surface area contributed by atoms with Crippen LogP contribution in [-0.4, -0.2) is 72.7 Å². The van der Waals surface area contributed by atoms with Crippen molar-refractivity contribution >= 4 is 22.8 Å². The van der Waals surface area contributed by atoms with Gasteiger partial charge in [0.05, 0.1) is 30.1 Å². The molecule has 3 rings (SSSR count). The lowest BCUT2D eigenvalue weighted by molar-refractivity contribution is -0.141. The smallest absolute Gasteiger partial charge is 0.248 e. The number of carbonyl (C=O) groups is 2. The third kappa shape index (κ3) is 4.59. The number of aromatic nitrogens is 2. The van der Waals surface area contributed by atoms with Crippen molar-refractivity contribution in [2.45, 2.75) is 25.0 Å². The summed E-state index contributed by atoms with van der Waals surface area (Å²) in [6.45, 7) is 0.879. The van der Waals surface area contributed by atoms with Crippen LogP contribution in [-0.2, 0) is 25.5 Å². The number of amides is 2. The van der Waals surface area contributed by atoms with Gasteiger partial charge in [0.2, 0.25) is 11.8 Å². The summed E-state index contributed by atoms with van der Waals surface area (Å²) in [5, 5.41) is 2.99. The van der Waals surface area contributed by atoms with Crippen LogP contribution in [0.2, 0.25) is 0 Å². The summed E-state index contributed by atoms with van der Waals surface area (Å²) in [6, 6.07) is 7.47. The van der Waals surface area contributed by atoms with Gasteiger partial charge in [0.25, 0.3) is 0 Å². The minimum absolute atomic E-state index is 0.0308. The Bertz CT molecular complexity index is 740. The van der Waals surface area contributed by atoms with E-state index < -0.39 is 0 Å². The van der Waals surface area contributed by atoms with Crippen molar-refractivity contribution in [2.75, 3.05) is 33.9 Å². The Morgan fingerprint density at radius 2 is 2.19 bits per heavy atom. The second-order valence-corrected chi connectivity index (χ2v) is 6.55. The fourth-order valence-corrected chi connectivity index (χ4v) is 2.85. The first-order valence-electron chi connectivity index (χ1n) is 8.65. The molecule has 0 radical (unpaired) electrons. The zero-order valence-electron chi connectivity index (χ0n) is 15.0. The summed E-state index contributed by atoms with van der Waals surface area (Å²) in [5.41, 5.74) is 1.74. The van der Waals surface area contributed by atoms with Crippen molar-refractivity contribution in [3.05, 3.63) is 30.1 Å². The average molecular weight is 360 g/mol. The third-order valence-electron chi connectivity index (χ3n) is 4.34. The third-order valence-corrected chi connectivity index (χ3v) is 4.34. The highest BCUT2D eigenvalue weighted by Gasteiger charge is 2.29. The number of hydrogen-bond acceptors (Lipinski definition) is 5. The number of H-pyrrole nitrogens is 1. The maximum absolute atomic E-state index is 12.4. The zero-order chi connectivity index (χ0) is 18.5. The van der Waals surface area contributed by atoms with Crippen LogP contribution in [0.4, 0.5) is 0 Å². The summed E-state index contributed by atoms with van der Waals surface area (Å²) in [4.78, 5) is 33.1. The van der Waals surface area contributed by atoms with Crippen molar-refractivity contribution in [3.8, 4) is 0 Å². The molecule has 2 aromatic rings. The van der Waals surface area contributed by atoms with Crippen LogP contribution in [0.3, 0.4) is 0 Å². The van der Waals surface area contributed by atoms with E-state index in [1.165, 1.54) is 4.90 Å². The molecule has 1 aromatic heterocycles. The van der Waals surface area contributed by atoms with Gasteiger partial charge in [-0.05, 0) is 18.6 Å². The lowest BCUT2D eigenvalue weighted by Crippen LogP contribution is -2.51. The van der Waals surface area contributed by atoms with Gasteiger partial charge >= 0.3 is 0 Å². The number of fused-ring (bicyclic) bond motifs is 1. The Kier molecular flexibility index (Phi) is 5.85. The number of imidazole rings is 1. The number of likely N-dealkylation sites (N-methyl/N-ethyl adjacent to an activating group) is 1. The largest absolute Gasteiger partial charge is 0.379 e. The predicted molar refractivity (Wildman–Crippen MR) is 95.6 cm³/mol. The van der Waals surface area contributed by atoms with Crippen molar-refractivity contribution in [2.24, 2.45) is 0 Å². The Balaban J connectivity index is 1.56. The van der Waals surface area contributed by atoms with Crippen molar-refractivity contribution in [1.29, 1.82) is 0 Å². The number of rotatable bonds is 6. The average Bonchev–Trinajstić information content (AvgIpc) is 3.02. The Morgan fingerprint density at radius 3 is 2.96 bits per heavy atom. The molecular weight excluding hydrogens is 336 g/mol. The van der Waals surface area contributed by atoms with Gasteiger partial charge in [-0.3, -0.25) is 9.59 Å². The second-order valence-electron chi connectivity index (χ2n) is 6.55. The van der Waals surface area contributed by atoms with Crippen LogP contribution in [0.1, 0.15) is 12.2 Å². The summed E-state index contributed by atoms with van der Waals surface area (Å²) >= 11 is 0. The number of nitrogens with zero attached hydrogens (tertiary/aromatic N) is 2. The van der Waals surface area contributed by atoms with Crippen molar-refractivity contribution in [3.63, 3.8) is 0 Å². The summed E-state index contributed by atoms with van der Waals surface area (Å²) in [6.07, 6.45) is 0.467. The molecule has 0 spiro atoms. The fourth-order valence-electron chi connectivity index (χ4n) is 2.85. The van der Waals surface area contributed by atoms with Gasteiger partial charge in [-0.2, -0.15) is 0 Å². The van der Waals surface area contributed by atoms with Crippen LogP contribution >= 0.6 is 0 Å². The molecule has 2 N–H and O–H groups in total. The molecule has 2 amide bonds. The maximum Gasteiger partial charge on any atom is 0.248 e. The molecule has 0 unspecified atom stereocenters. The van der Waals surface area contributed by atoms with Crippen LogP contribution < -0.4 is 5.32 Å². The molecule has 1 aromatic carbocycles. The number of ether oxygens (including phenoxy) is 2. The van der Waals surface area contributed by atoms with Gasteiger partial charge < -0.3 is 24.7 Å². The molecular formula is C18H24N4O4. The van der Waals surface area contributed by atoms with E-state index in [4.69, 9.17) is 9.47 Å². The van der Waals surface area contributed by atoms with Crippen molar-refractivity contribution < 1.29 is 19.1 Å². The summed E-state index contributed by atoms with van der Waals surface area (Å²) in [5.74, 6) is 0.363. The fraction of sp³-hybridized carbons (Fsp3) is 0.500. The molecule has 1 saturated heterocycles. The predicted octanol–water partition coefficient (Wildman–Crippen LogP) is 0.484. The highest BCUT2D eigenvalue weighted by atomic mass is 16.5. The van der Waals surface area contributed by atoms with E-state index in [1.54, 1.807) is 14.1 Å². The van der Waals surface area contributed by atoms with Gasteiger partial charge in [-0.25, -0.2) is 4.98 Å². The molecule has 0 bridgehead atoms. The molecule has 140 valence electrons. The standard InChI is InChI=1S/C18H24N4O4/c1-22(2)18(24)11-26-15-10-25-8-7-14(15)21-17(23)9-16-19-12-5-3-4-6-13(12)20-16/h3-6,14-15H,7-11H2,1-2H3,(H,19,20)(H,21,23)/t14-,15-/m1/s1. The summed E-state index contributed by atoms with van der Waals surface area (Å²) < 4.78 is 11.1. The SMILES string of the molecule is CN(C)C(=O)CO[C@@H]1COCC[C@H]1NC(=O)Cc1nc2ccccc2[nH]1. The molecule has 0 aliphatic carbocycles. The number of carbonyl (C=O) groups excluding carboxylic acids is 2. The van der Waals surface area contributed by atoms with Crippen LogP contribution in [0.15, 0.2) is 24.3 Å². The first-order chi connectivity index (χ1) is 12.5.